The summed E-state index contributed by atoms with van der Waals surface area (Å²) in [6, 6.07) is 5.85. The Balaban J connectivity index is 2.14. The van der Waals surface area contributed by atoms with Crippen molar-refractivity contribution < 1.29 is 4.79 Å². The maximum Gasteiger partial charge on any atom is 0.251 e. The molecular weight excluding hydrogens is 270 g/mol. The highest BCUT2D eigenvalue weighted by atomic mass is 35.5. The van der Waals surface area contributed by atoms with Crippen molar-refractivity contribution in [3.63, 3.8) is 0 Å². The van der Waals surface area contributed by atoms with Gasteiger partial charge in [-0.3, -0.25) is 4.79 Å². The summed E-state index contributed by atoms with van der Waals surface area (Å²) in [5.74, 6) is 1.12. The highest BCUT2D eigenvalue weighted by Gasteiger charge is 2.35. The van der Waals surface area contributed by atoms with E-state index in [4.69, 9.17) is 11.6 Å². The molecule has 2 unspecified atom stereocenters. The summed E-state index contributed by atoms with van der Waals surface area (Å²) >= 11 is 6.18. The molecule has 1 N–H and O–H groups in total. The normalized spacial score (nSPS) is 26.3. The molecule has 0 saturated heterocycles. The van der Waals surface area contributed by atoms with Crippen LogP contribution in [0.4, 0.5) is 0 Å². The summed E-state index contributed by atoms with van der Waals surface area (Å²) < 4.78 is 0. The Bertz CT molecular complexity index is 500. The van der Waals surface area contributed by atoms with E-state index in [1.807, 2.05) is 25.1 Å². The van der Waals surface area contributed by atoms with Gasteiger partial charge in [0.2, 0.25) is 0 Å². The molecule has 0 aromatic heterocycles. The summed E-state index contributed by atoms with van der Waals surface area (Å²) in [6.07, 6.45) is 4.34. The molecule has 2 rings (SSSR count). The number of carbonyl (C=O) groups excluding carboxylic acids is 1. The standard InChI is InChI=1S/C17H24ClNO/c1-12-5-4-8-17(10-12,11-18)19-16(20)15-7-6-13(2)14(3)9-15/h6-7,9,12H,4-5,8,10-11H2,1-3H3,(H,19,20). The molecule has 2 nitrogen and oxygen atoms in total. The maximum atomic E-state index is 12.5. The molecule has 3 heteroatoms. The minimum absolute atomic E-state index is 0.00264. The molecule has 110 valence electrons. The highest BCUT2D eigenvalue weighted by molar-refractivity contribution is 6.19. The van der Waals surface area contributed by atoms with Crippen LogP contribution < -0.4 is 5.32 Å². The number of nitrogens with one attached hydrogen (secondary N) is 1. The van der Waals surface area contributed by atoms with Gasteiger partial charge >= 0.3 is 0 Å². The average Bonchev–Trinajstić information content (AvgIpc) is 2.41. The zero-order valence-electron chi connectivity index (χ0n) is 12.6. The summed E-state index contributed by atoms with van der Waals surface area (Å²) in [5.41, 5.74) is 2.86. The van der Waals surface area contributed by atoms with E-state index in [-0.39, 0.29) is 11.4 Å². The molecule has 1 aromatic rings. The first-order valence-corrected chi connectivity index (χ1v) is 7.95. The van der Waals surface area contributed by atoms with E-state index in [2.05, 4.69) is 19.2 Å². The Hall–Kier alpha value is -1.02. The average molecular weight is 294 g/mol. The molecular formula is C17H24ClNO. The zero-order valence-corrected chi connectivity index (χ0v) is 13.4. The molecule has 1 amide bonds. The quantitative estimate of drug-likeness (QED) is 0.831. The van der Waals surface area contributed by atoms with E-state index in [0.717, 1.165) is 30.4 Å². The predicted molar refractivity (Wildman–Crippen MR) is 84.5 cm³/mol. The summed E-state index contributed by atoms with van der Waals surface area (Å²) in [7, 11) is 0. The van der Waals surface area contributed by atoms with Gasteiger partial charge in [-0.1, -0.05) is 25.8 Å². The van der Waals surface area contributed by atoms with E-state index in [1.54, 1.807) is 0 Å². The lowest BCUT2D eigenvalue weighted by atomic mass is 9.77. The van der Waals surface area contributed by atoms with Gasteiger partial charge in [-0.05, 0) is 55.9 Å². The summed E-state index contributed by atoms with van der Waals surface area (Å²) in [4.78, 5) is 12.5. The largest absolute Gasteiger partial charge is 0.345 e. The second-order valence-corrected chi connectivity index (χ2v) is 6.64. The molecule has 1 saturated carbocycles. The van der Waals surface area contributed by atoms with Crippen molar-refractivity contribution >= 4 is 17.5 Å². The fourth-order valence-electron chi connectivity index (χ4n) is 3.12. The van der Waals surface area contributed by atoms with Gasteiger partial charge < -0.3 is 5.32 Å². The van der Waals surface area contributed by atoms with Gasteiger partial charge in [-0.2, -0.15) is 0 Å². The highest BCUT2D eigenvalue weighted by Crippen LogP contribution is 2.33. The first-order valence-electron chi connectivity index (χ1n) is 7.41. The van der Waals surface area contributed by atoms with Crippen LogP contribution in [-0.4, -0.2) is 17.3 Å². The van der Waals surface area contributed by atoms with Gasteiger partial charge in [0.25, 0.3) is 5.91 Å². The van der Waals surface area contributed by atoms with E-state index < -0.39 is 0 Å². The third kappa shape index (κ3) is 3.35. The van der Waals surface area contributed by atoms with Crippen LogP contribution in [0.2, 0.25) is 0 Å². The number of aryl methyl sites for hydroxylation is 2. The fourth-order valence-corrected chi connectivity index (χ4v) is 3.43. The molecule has 1 fully saturated rings. The number of benzene rings is 1. The molecule has 0 radical (unpaired) electrons. The SMILES string of the molecule is Cc1ccc(C(=O)NC2(CCl)CCCC(C)C2)cc1C. The van der Waals surface area contributed by atoms with Crippen molar-refractivity contribution in [2.45, 2.75) is 52.0 Å². The molecule has 1 aromatic carbocycles. The summed E-state index contributed by atoms with van der Waals surface area (Å²) in [5, 5.41) is 3.20. The lowest BCUT2D eigenvalue weighted by molar-refractivity contribution is 0.0867. The Labute approximate surface area is 126 Å². The second kappa shape index (κ2) is 6.17. The topological polar surface area (TPSA) is 29.1 Å². The number of hydrogen-bond acceptors (Lipinski definition) is 1. The molecule has 0 aliphatic heterocycles. The molecule has 0 heterocycles. The Morgan fingerprint density at radius 3 is 2.75 bits per heavy atom. The first-order chi connectivity index (χ1) is 9.46. The summed E-state index contributed by atoms with van der Waals surface area (Å²) in [6.45, 7) is 6.33. The third-order valence-electron chi connectivity index (χ3n) is 4.50. The van der Waals surface area contributed by atoms with E-state index in [9.17, 15) is 4.79 Å². The van der Waals surface area contributed by atoms with E-state index in [0.29, 0.717) is 11.8 Å². The van der Waals surface area contributed by atoms with Gasteiger partial charge in [-0.15, -0.1) is 11.6 Å². The lowest BCUT2D eigenvalue weighted by Crippen LogP contribution is -2.52. The second-order valence-electron chi connectivity index (χ2n) is 6.37. The Morgan fingerprint density at radius 1 is 1.40 bits per heavy atom. The smallest absolute Gasteiger partial charge is 0.251 e. The van der Waals surface area contributed by atoms with E-state index in [1.165, 1.54) is 12.0 Å². The van der Waals surface area contributed by atoms with Crippen LogP contribution >= 0.6 is 11.6 Å². The number of amides is 1. The molecule has 2 atom stereocenters. The van der Waals surface area contributed by atoms with Crippen molar-refractivity contribution in [1.29, 1.82) is 0 Å². The number of carbonyl (C=O) groups is 1. The van der Waals surface area contributed by atoms with Crippen molar-refractivity contribution in [2.75, 3.05) is 5.88 Å². The minimum atomic E-state index is -0.227. The van der Waals surface area contributed by atoms with Crippen LogP contribution in [0.25, 0.3) is 0 Å². The van der Waals surface area contributed by atoms with Crippen molar-refractivity contribution in [1.82, 2.24) is 5.32 Å². The van der Waals surface area contributed by atoms with Crippen molar-refractivity contribution in [3.8, 4) is 0 Å². The van der Waals surface area contributed by atoms with Gasteiger partial charge in [0.15, 0.2) is 0 Å². The maximum absolute atomic E-state index is 12.5. The van der Waals surface area contributed by atoms with Crippen LogP contribution in [0.15, 0.2) is 18.2 Å². The van der Waals surface area contributed by atoms with Crippen LogP contribution in [0, 0.1) is 19.8 Å². The van der Waals surface area contributed by atoms with Gasteiger partial charge in [-0.25, -0.2) is 0 Å². The van der Waals surface area contributed by atoms with Gasteiger partial charge in [0.1, 0.15) is 0 Å². The van der Waals surface area contributed by atoms with Crippen molar-refractivity contribution in [3.05, 3.63) is 34.9 Å². The lowest BCUT2D eigenvalue weighted by Gasteiger charge is -2.39. The van der Waals surface area contributed by atoms with Crippen LogP contribution in [0.3, 0.4) is 0 Å². The third-order valence-corrected chi connectivity index (χ3v) is 5.01. The monoisotopic (exact) mass is 293 g/mol. The zero-order chi connectivity index (χ0) is 14.8. The number of alkyl halides is 1. The molecule has 1 aliphatic rings. The number of hydrogen-bond donors (Lipinski definition) is 1. The molecule has 20 heavy (non-hydrogen) atoms. The van der Waals surface area contributed by atoms with Crippen molar-refractivity contribution in [2.24, 2.45) is 5.92 Å². The van der Waals surface area contributed by atoms with E-state index >= 15 is 0 Å². The molecule has 0 spiro atoms. The van der Waals surface area contributed by atoms with Gasteiger partial charge in [0.05, 0.1) is 5.54 Å². The Kier molecular flexibility index (Phi) is 4.74. The number of rotatable bonds is 3. The first kappa shape index (κ1) is 15.4. The molecule has 1 aliphatic carbocycles. The predicted octanol–water partition coefficient (Wildman–Crippen LogP) is 4.22. The van der Waals surface area contributed by atoms with Crippen LogP contribution in [0.5, 0.6) is 0 Å². The Morgan fingerprint density at radius 2 is 2.15 bits per heavy atom. The molecule has 0 bridgehead atoms. The van der Waals surface area contributed by atoms with Crippen LogP contribution in [-0.2, 0) is 0 Å². The number of halogens is 1. The fraction of sp³-hybridized carbons (Fsp3) is 0.588. The van der Waals surface area contributed by atoms with Crippen LogP contribution in [0.1, 0.15) is 54.1 Å². The minimum Gasteiger partial charge on any atom is -0.345 e. The van der Waals surface area contributed by atoms with Gasteiger partial charge in [0, 0.05) is 11.4 Å².